The first kappa shape index (κ1) is 15.0. The number of hydrogen-bond acceptors (Lipinski definition) is 3. The van der Waals surface area contributed by atoms with Crippen LogP contribution in [0.25, 0.3) is 0 Å². The average Bonchev–Trinajstić information content (AvgIpc) is 2.81. The number of benzene rings is 1. The Morgan fingerprint density at radius 3 is 2.67 bits per heavy atom. The van der Waals surface area contributed by atoms with Gasteiger partial charge in [0.05, 0.1) is 12.2 Å². The molecule has 4 atom stereocenters. The number of nitrogens with one attached hydrogen (secondary N) is 1. The van der Waals surface area contributed by atoms with Crippen LogP contribution in [0.2, 0.25) is 0 Å². The monoisotopic (exact) mass is 288 g/mol. The molecule has 0 aliphatic carbocycles. The van der Waals surface area contributed by atoms with Crippen LogP contribution in [0.5, 0.6) is 0 Å². The molecule has 0 saturated carbocycles. The van der Waals surface area contributed by atoms with Crippen molar-refractivity contribution < 1.29 is 4.74 Å². The van der Waals surface area contributed by atoms with E-state index < -0.39 is 0 Å². The second-order valence-electron chi connectivity index (χ2n) is 6.66. The van der Waals surface area contributed by atoms with E-state index in [0.29, 0.717) is 24.3 Å². The molecular weight excluding hydrogens is 260 g/mol. The first-order valence-corrected chi connectivity index (χ1v) is 8.40. The van der Waals surface area contributed by atoms with Crippen molar-refractivity contribution in [3.05, 3.63) is 35.9 Å². The van der Waals surface area contributed by atoms with Crippen LogP contribution in [0.1, 0.15) is 44.7 Å². The van der Waals surface area contributed by atoms with Gasteiger partial charge < -0.3 is 10.1 Å². The van der Waals surface area contributed by atoms with Crippen LogP contribution in [0, 0.1) is 0 Å². The lowest BCUT2D eigenvalue weighted by molar-refractivity contribution is 0.0226. The molecule has 1 aromatic carbocycles. The van der Waals surface area contributed by atoms with Crippen LogP contribution in [0.3, 0.4) is 0 Å². The summed E-state index contributed by atoms with van der Waals surface area (Å²) in [5.41, 5.74) is 1.40. The molecule has 21 heavy (non-hydrogen) atoms. The van der Waals surface area contributed by atoms with Crippen molar-refractivity contribution >= 4 is 0 Å². The number of rotatable bonds is 3. The third kappa shape index (κ3) is 3.85. The highest BCUT2D eigenvalue weighted by Crippen LogP contribution is 2.24. The van der Waals surface area contributed by atoms with E-state index in [1.165, 1.54) is 24.8 Å². The van der Waals surface area contributed by atoms with Gasteiger partial charge in [-0.1, -0.05) is 30.3 Å². The van der Waals surface area contributed by atoms with Gasteiger partial charge in [0.1, 0.15) is 0 Å². The van der Waals surface area contributed by atoms with E-state index in [4.69, 9.17) is 4.74 Å². The van der Waals surface area contributed by atoms with E-state index in [2.05, 4.69) is 54.4 Å². The molecule has 3 heteroatoms. The molecule has 2 fully saturated rings. The second kappa shape index (κ2) is 6.91. The molecule has 0 amide bonds. The zero-order valence-electron chi connectivity index (χ0n) is 13.3. The minimum atomic E-state index is 0.428. The summed E-state index contributed by atoms with van der Waals surface area (Å²) in [6.07, 6.45) is 4.52. The highest BCUT2D eigenvalue weighted by molar-refractivity contribution is 5.19. The molecule has 4 unspecified atom stereocenters. The molecule has 2 saturated heterocycles. The smallest absolute Gasteiger partial charge is 0.0706 e. The third-order valence-electron chi connectivity index (χ3n) is 4.95. The fourth-order valence-electron chi connectivity index (χ4n) is 3.57. The fourth-order valence-corrected chi connectivity index (χ4v) is 3.57. The van der Waals surface area contributed by atoms with Crippen molar-refractivity contribution in [3.63, 3.8) is 0 Å². The summed E-state index contributed by atoms with van der Waals surface area (Å²) in [5, 5.41) is 3.71. The number of nitrogens with zero attached hydrogens (tertiary/aromatic N) is 1. The Bertz CT molecular complexity index is 436. The maximum absolute atomic E-state index is 6.03. The molecule has 1 N–H and O–H groups in total. The van der Waals surface area contributed by atoms with E-state index in [1.54, 1.807) is 0 Å². The average molecular weight is 288 g/mol. The Hall–Kier alpha value is -0.900. The summed E-state index contributed by atoms with van der Waals surface area (Å²) < 4.78 is 6.03. The van der Waals surface area contributed by atoms with Gasteiger partial charge in [0.25, 0.3) is 0 Å². The van der Waals surface area contributed by atoms with Crippen LogP contribution < -0.4 is 5.32 Å². The standard InChI is InChI=1S/C18H28N2O/c1-14-10-11-19-18(16-6-4-3-5-7-16)13-20(14)12-17-9-8-15(2)21-17/h3-7,14-15,17-19H,8-13H2,1-2H3. The highest BCUT2D eigenvalue weighted by atomic mass is 16.5. The molecule has 2 aliphatic rings. The van der Waals surface area contributed by atoms with Gasteiger partial charge in [-0.05, 0) is 45.2 Å². The van der Waals surface area contributed by atoms with E-state index in [0.717, 1.165) is 19.6 Å². The molecule has 2 heterocycles. The van der Waals surface area contributed by atoms with E-state index >= 15 is 0 Å². The van der Waals surface area contributed by atoms with Gasteiger partial charge in [-0.25, -0.2) is 0 Å². The van der Waals surface area contributed by atoms with Crippen molar-refractivity contribution in [3.8, 4) is 0 Å². The van der Waals surface area contributed by atoms with E-state index in [1.807, 2.05) is 0 Å². The number of ether oxygens (including phenoxy) is 1. The van der Waals surface area contributed by atoms with E-state index in [9.17, 15) is 0 Å². The van der Waals surface area contributed by atoms with Crippen molar-refractivity contribution in [2.75, 3.05) is 19.6 Å². The zero-order valence-corrected chi connectivity index (χ0v) is 13.3. The molecule has 0 radical (unpaired) electrons. The topological polar surface area (TPSA) is 24.5 Å². The van der Waals surface area contributed by atoms with Crippen molar-refractivity contribution in [2.24, 2.45) is 0 Å². The van der Waals surface area contributed by atoms with Gasteiger partial charge in [-0.2, -0.15) is 0 Å². The van der Waals surface area contributed by atoms with Crippen LogP contribution in [0.4, 0.5) is 0 Å². The van der Waals surface area contributed by atoms with Crippen molar-refractivity contribution in [2.45, 2.75) is 57.4 Å². The predicted molar refractivity (Wildman–Crippen MR) is 86.4 cm³/mol. The molecule has 0 aromatic heterocycles. The normalized spacial score (nSPS) is 34.8. The molecule has 0 spiro atoms. The summed E-state index contributed by atoms with van der Waals surface area (Å²) in [7, 11) is 0. The molecule has 0 bridgehead atoms. The minimum absolute atomic E-state index is 0.428. The highest BCUT2D eigenvalue weighted by Gasteiger charge is 2.29. The SMILES string of the molecule is CC1CCC(CN2CC(c3ccccc3)NCCC2C)O1. The minimum Gasteiger partial charge on any atom is -0.374 e. The maximum Gasteiger partial charge on any atom is 0.0706 e. The second-order valence-corrected chi connectivity index (χ2v) is 6.66. The van der Waals surface area contributed by atoms with Gasteiger partial charge in [0, 0.05) is 25.2 Å². The largest absolute Gasteiger partial charge is 0.374 e. The fraction of sp³-hybridized carbons (Fsp3) is 0.667. The summed E-state index contributed by atoms with van der Waals surface area (Å²) in [4.78, 5) is 2.63. The molecule has 3 nitrogen and oxygen atoms in total. The molecule has 116 valence electrons. The Morgan fingerprint density at radius 2 is 1.95 bits per heavy atom. The Balaban J connectivity index is 1.66. The van der Waals surface area contributed by atoms with Crippen LogP contribution in [-0.4, -0.2) is 42.8 Å². The Morgan fingerprint density at radius 1 is 1.14 bits per heavy atom. The van der Waals surface area contributed by atoms with Crippen molar-refractivity contribution in [1.82, 2.24) is 10.2 Å². The van der Waals surface area contributed by atoms with Gasteiger partial charge in [0.2, 0.25) is 0 Å². The summed E-state index contributed by atoms with van der Waals surface area (Å²) >= 11 is 0. The molecule has 3 rings (SSSR count). The Kier molecular flexibility index (Phi) is 4.94. The predicted octanol–water partition coefficient (Wildman–Crippen LogP) is 2.98. The maximum atomic E-state index is 6.03. The zero-order chi connectivity index (χ0) is 14.7. The summed E-state index contributed by atoms with van der Waals surface area (Å²) in [6.45, 7) is 7.81. The Labute approximate surface area is 128 Å². The van der Waals surface area contributed by atoms with Crippen LogP contribution >= 0.6 is 0 Å². The molecule has 1 aromatic rings. The quantitative estimate of drug-likeness (QED) is 0.925. The first-order chi connectivity index (χ1) is 10.2. The molecular formula is C18H28N2O. The lowest BCUT2D eigenvalue weighted by Crippen LogP contribution is -2.40. The summed E-state index contributed by atoms with van der Waals surface area (Å²) in [6, 6.07) is 11.9. The van der Waals surface area contributed by atoms with Crippen LogP contribution in [-0.2, 0) is 4.74 Å². The first-order valence-electron chi connectivity index (χ1n) is 8.40. The van der Waals surface area contributed by atoms with Gasteiger partial charge in [-0.15, -0.1) is 0 Å². The number of hydrogen-bond donors (Lipinski definition) is 1. The van der Waals surface area contributed by atoms with Crippen molar-refractivity contribution in [1.29, 1.82) is 0 Å². The summed E-state index contributed by atoms with van der Waals surface area (Å²) in [5.74, 6) is 0. The lowest BCUT2D eigenvalue weighted by Gasteiger charge is -2.31. The molecule has 2 aliphatic heterocycles. The van der Waals surface area contributed by atoms with Gasteiger partial charge in [0.15, 0.2) is 0 Å². The van der Waals surface area contributed by atoms with Crippen LogP contribution in [0.15, 0.2) is 30.3 Å². The van der Waals surface area contributed by atoms with Gasteiger partial charge >= 0.3 is 0 Å². The lowest BCUT2D eigenvalue weighted by atomic mass is 10.1. The van der Waals surface area contributed by atoms with Gasteiger partial charge in [-0.3, -0.25) is 4.90 Å². The third-order valence-corrected chi connectivity index (χ3v) is 4.95. The van der Waals surface area contributed by atoms with E-state index in [-0.39, 0.29) is 0 Å².